The standard InChI is InChI=1S/C14H19BrN2O/c1-10-8-12(4-5-13(10)15)14(18)17-7-6-16(3)11(2)9-17/h4-5,8,11H,6-7,9H2,1-3H3. The molecule has 1 atom stereocenters. The Balaban J connectivity index is 2.14. The summed E-state index contributed by atoms with van der Waals surface area (Å²) in [6, 6.07) is 6.22. The summed E-state index contributed by atoms with van der Waals surface area (Å²) in [5, 5.41) is 0. The van der Waals surface area contributed by atoms with Gasteiger partial charge in [0, 0.05) is 35.7 Å². The van der Waals surface area contributed by atoms with Crippen LogP contribution in [0.3, 0.4) is 0 Å². The van der Waals surface area contributed by atoms with E-state index in [2.05, 4.69) is 34.8 Å². The molecule has 2 rings (SSSR count). The number of hydrogen-bond donors (Lipinski definition) is 0. The summed E-state index contributed by atoms with van der Waals surface area (Å²) >= 11 is 3.46. The summed E-state index contributed by atoms with van der Waals surface area (Å²) in [7, 11) is 2.11. The zero-order valence-electron chi connectivity index (χ0n) is 11.1. The molecule has 1 aliphatic rings. The van der Waals surface area contributed by atoms with Crippen molar-refractivity contribution in [1.29, 1.82) is 0 Å². The van der Waals surface area contributed by atoms with Crippen molar-refractivity contribution < 1.29 is 4.79 Å². The molecule has 1 fully saturated rings. The second kappa shape index (κ2) is 5.41. The highest BCUT2D eigenvalue weighted by atomic mass is 79.9. The summed E-state index contributed by atoms with van der Waals surface area (Å²) in [5.74, 6) is 0.144. The number of piperazine rings is 1. The second-order valence-corrected chi connectivity index (χ2v) is 5.90. The van der Waals surface area contributed by atoms with E-state index >= 15 is 0 Å². The van der Waals surface area contributed by atoms with Crippen molar-refractivity contribution in [2.45, 2.75) is 19.9 Å². The Morgan fingerprint density at radius 1 is 1.39 bits per heavy atom. The Morgan fingerprint density at radius 3 is 2.72 bits per heavy atom. The van der Waals surface area contributed by atoms with Gasteiger partial charge in [-0.15, -0.1) is 0 Å². The molecule has 0 N–H and O–H groups in total. The van der Waals surface area contributed by atoms with Crippen LogP contribution in [0.2, 0.25) is 0 Å². The molecule has 1 saturated heterocycles. The number of hydrogen-bond acceptors (Lipinski definition) is 2. The molecule has 3 nitrogen and oxygen atoms in total. The molecule has 1 aromatic carbocycles. The zero-order chi connectivity index (χ0) is 13.3. The number of carbonyl (C=O) groups excluding carboxylic acids is 1. The van der Waals surface area contributed by atoms with E-state index < -0.39 is 0 Å². The van der Waals surface area contributed by atoms with E-state index in [1.165, 1.54) is 0 Å². The van der Waals surface area contributed by atoms with Crippen molar-refractivity contribution in [3.8, 4) is 0 Å². The van der Waals surface area contributed by atoms with E-state index in [-0.39, 0.29) is 5.91 Å². The molecular weight excluding hydrogens is 292 g/mol. The summed E-state index contributed by atoms with van der Waals surface area (Å²) in [6.45, 7) is 6.74. The molecule has 1 unspecified atom stereocenters. The fourth-order valence-electron chi connectivity index (χ4n) is 2.19. The number of nitrogens with zero attached hydrogens (tertiary/aromatic N) is 2. The lowest BCUT2D eigenvalue weighted by atomic mass is 10.1. The van der Waals surface area contributed by atoms with E-state index in [1.807, 2.05) is 30.0 Å². The zero-order valence-corrected chi connectivity index (χ0v) is 12.7. The molecule has 1 heterocycles. The normalized spacial score (nSPS) is 21.1. The molecular formula is C14H19BrN2O. The van der Waals surface area contributed by atoms with Gasteiger partial charge in [-0.2, -0.15) is 0 Å². The van der Waals surface area contributed by atoms with Gasteiger partial charge >= 0.3 is 0 Å². The highest BCUT2D eigenvalue weighted by Gasteiger charge is 2.25. The van der Waals surface area contributed by atoms with Crippen molar-refractivity contribution in [3.63, 3.8) is 0 Å². The van der Waals surface area contributed by atoms with E-state index in [9.17, 15) is 4.79 Å². The van der Waals surface area contributed by atoms with Crippen LogP contribution in [-0.2, 0) is 0 Å². The Hall–Kier alpha value is -0.870. The molecule has 0 aliphatic carbocycles. The van der Waals surface area contributed by atoms with Gasteiger partial charge in [0.1, 0.15) is 0 Å². The molecule has 0 radical (unpaired) electrons. The largest absolute Gasteiger partial charge is 0.336 e. The van der Waals surface area contributed by atoms with Gasteiger partial charge in [-0.05, 0) is 44.7 Å². The topological polar surface area (TPSA) is 23.6 Å². The number of aryl methyl sites for hydroxylation is 1. The Bertz CT molecular complexity index is 461. The maximum atomic E-state index is 12.4. The van der Waals surface area contributed by atoms with Gasteiger partial charge in [-0.25, -0.2) is 0 Å². The molecule has 98 valence electrons. The third-order valence-corrected chi connectivity index (χ3v) is 4.54. The summed E-state index contributed by atoms with van der Waals surface area (Å²) in [6.07, 6.45) is 0. The molecule has 0 bridgehead atoms. The maximum Gasteiger partial charge on any atom is 0.253 e. The molecule has 1 aliphatic heterocycles. The van der Waals surface area contributed by atoms with Crippen molar-refractivity contribution in [1.82, 2.24) is 9.80 Å². The van der Waals surface area contributed by atoms with Crippen molar-refractivity contribution in [3.05, 3.63) is 33.8 Å². The van der Waals surface area contributed by atoms with Gasteiger partial charge in [0.25, 0.3) is 5.91 Å². The van der Waals surface area contributed by atoms with Crippen LogP contribution in [0.25, 0.3) is 0 Å². The van der Waals surface area contributed by atoms with Crippen molar-refractivity contribution in [2.24, 2.45) is 0 Å². The van der Waals surface area contributed by atoms with Gasteiger partial charge in [0.05, 0.1) is 0 Å². The SMILES string of the molecule is Cc1cc(C(=O)N2CCN(C)C(C)C2)ccc1Br. The smallest absolute Gasteiger partial charge is 0.253 e. The van der Waals surface area contributed by atoms with Crippen LogP contribution in [0.4, 0.5) is 0 Å². The number of rotatable bonds is 1. The predicted octanol–water partition coefficient (Wildman–Crippen LogP) is 2.53. The minimum atomic E-state index is 0.144. The number of amides is 1. The van der Waals surface area contributed by atoms with Crippen LogP contribution in [-0.4, -0.2) is 48.4 Å². The van der Waals surface area contributed by atoms with Gasteiger partial charge < -0.3 is 9.80 Å². The average Bonchev–Trinajstić information content (AvgIpc) is 2.35. The molecule has 1 aromatic rings. The fourth-order valence-corrected chi connectivity index (χ4v) is 2.44. The quantitative estimate of drug-likeness (QED) is 0.796. The lowest BCUT2D eigenvalue weighted by Gasteiger charge is -2.37. The van der Waals surface area contributed by atoms with Gasteiger partial charge in [0.15, 0.2) is 0 Å². The number of benzene rings is 1. The molecule has 0 aromatic heterocycles. The lowest BCUT2D eigenvalue weighted by molar-refractivity contribution is 0.0572. The summed E-state index contributed by atoms with van der Waals surface area (Å²) < 4.78 is 1.05. The molecule has 4 heteroatoms. The first kappa shape index (κ1) is 13.6. The van der Waals surface area contributed by atoms with E-state index in [0.29, 0.717) is 6.04 Å². The van der Waals surface area contributed by atoms with Crippen LogP contribution in [0.1, 0.15) is 22.8 Å². The number of halogens is 1. The Kier molecular flexibility index (Phi) is 4.07. The first-order valence-corrected chi connectivity index (χ1v) is 7.04. The van der Waals surface area contributed by atoms with Crippen LogP contribution in [0.5, 0.6) is 0 Å². The third kappa shape index (κ3) is 2.75. The maximum absolute atomic E-state index is 12.4. The Morgan fingerprint density at radius 2 is 2.11 bits per heavy atom. The monoisotopic (exact) mass is 310 g/mol. The minimum absolute atomic E-state index is 0.144. The van der Waals surface area contributed by atoms with Crippen LogP contribution >= 0.6 is 15.9 Å². The predicted molar refractivity (Wildman–Crippen MR) is 76.9 cm³/mol. The Labute approximate surface area is 117 Å². The highest BCUT2D eigenvalue weighted by molar-refractivity contribution is 9.10. The van der Waals surface area contributed by atoms with Crippen molar-refractivity contribution in [2.75, 3.05) is 26.7 Å². The van der Waals surface area contributed by atoms with Gasteiger partial charge in [-0.3, -0.25) is 4.79 Å². The third-order valence-electron chi connectivity index (χ3n) is 3.65. The number of carbonyl (C=O) groups is 1. The number of likely N-dealkylation sites (N-methyl/N-ethyl adjacent to an activating group) is 1. The van der Waals surface area contributed by atoms with E-state index in [1.54, 1.807) is 0 Å². The molecule has 0 spiro atoms. The second-order valence-electron chi connectivity index (χ2n) is 5.04. The van der Waals surface area contributed by atoms with Crippen LogP contribution in [0.15, 0.2) is 22.7 Å². The average molecular weight is 311 g/mol. The van der Waals surface area contributed by atoms with E-state index in [4.69, 9.17) is 0 Å². The molecule has 1 amide bonds. The van der Waals surface area contributed by atoms with Crippen LogP contribution in [0, 0.1) is 6.92 Å². The first-order valence-electron chi connectivity index (χ1n) is 6.24. The summed E-state index contributed by atoms with van der Waals surface area (Å²) in [5.41, 5.74) is 1.88. The highest BCUT2D eigenvalue weighted by Crippen LogP contribution is 2.19. The van der Waals surface area contributed by atoms with Gasteiger partial charge in [-0.1, -0.05) is 15.9 Å². The minimum Gasteiger partial charge on any atom is -0.336 e. The molecule has 0 saturated carbocycles. The van der Waals surface area contributed by atoms with Crippen molar-refractivity contribution >= 4 is 21.8 Å². The fraction of sp³-hybridized carbons (Fsp3) is 0.500. The van der Waals surface area contributed by atoms with Gasteiger partial charge in [0.2, 0.25) is 0 Å². The lowest BCUT2D eigenvalue weighted by Crippen LogP contribution is -2.52. The first-order chi connectivity index (χ1) is 8.49. The van der Waals surface area contributed by atoms with Crippen LogP contribution < -0.4 is 0 Å². The molecule has 18 heavy (non-hydrogen) atoms. The van der Waals surface area contributed by atoms with E-state index in [0.717, 1.165) is 35.2 Å². The summed E-state index contributed by atoms with van der Waals surface area (Å²) in [4.78, 5) is 16.6.